The number of rotatable bonds is 4. The Kier molecular flexibility index (Phi) is 6.40. The van der Waals surface area contributed by atoms with Crippen LogP contribution in [0.1, 0.15) is 85.0 Å². The predicted octanol–water partition coefficient (Wildman–Crippen LogP) is 3.19. The highest BCUT2D eigenvalue weighted by Gasteiger charge is 2.71. The van der Waals surface area contributed by atoms with Crippen LogP contribution >= 0.6 is 0 Å². The highest BCUT2D eigenvalue weighted by Crippen LogP contribution is 2.70. The lowest BCUT2D eigenvalue weighted by molar-refractivity contribution is -0.278. The zero-order chi connectivity index (χ0) is 28.1. The van der Waals surface area contributed by atoms with Crippen molar-refractivity contribution in [2.75, 3.05) is 6.61 Å². The molecule has 7 rings (SSSR count). The summed E-state index contributed by atoms with van der Waals surface area (Å²) in [6.07, 6.45) is 7.67. The lowest BCUT2D eigenvalue weighted by atomic mass is 9.41. The molecule has 40 heavy (non-hydrogen) atoms. The molecule has 9 nitrogen and oxygen atoms in total. The first-order valence-electron chi connectivity index (χ1n) is 15.4. The molecule has 0 amide bonds. The van der Waals surface area contributed by atoms with Gasteiger partial charge in [-0.15, -0.1) is 0 Å². The van der Waals surface area contributed by atoms with E-state index >= 15 is 0 Å². The third-order valence-electron chi connectivity index (χ3n) is 12.5. The Labute approximate surface area is 235 Å². The molecule has 6 fully saturated rings. The lowest BCUT2D eigenvalue weighted by Gasteiger charge is -2.65. The molecule has 7 aliphatic rings. The van der Waals surface area contributed by atoms with Crippen molar-refractivity contribution in [2.45, 2.75) is 133 Å². The van der Waals surface area contributed by atoms with Crippen LogP contribution in [0.3, 0.4) is 0 Å². The summed E-state index contributed by atoms with van der Waals surface area (Å²) in [6, 6.07) is 0. The van der Waals surface area contributed by atoms with Crippen LogP contribution in [0.15, 0.2) is 11.6 Å². The van der Waals surface area contributed by atoms with Crippen molar-refractivity contribution in [1.82, 2.24) is 0 Å². The highest BCUT2D eigenvalue weighted by atomic mass is 16.8. The van der Waals surface area contributed by atoms with E-state index in [1.165, 1.54) is 0 Å². The van der Waals surface area contributed by atoms with E-state index in [1.54, 1.807) is 6.08 Å². The first-order chi connectivity index (χ1) is 19.0. The second-order valence-electron chi connectivity index (χ2n) is 14.1. The molecule has 4 aliphatic carbocycles. The van der Waals surface area contributed by atoms with E-state index < -0.39 is 22.9 Å². The van der Waals surface area contributed by atoms with Gasteiger partial charge in [-0.25, -0.2) is 4.79 Å². The quantitative estimate of drug-likeness (QED) is 0.303. The summed E-state index contributed by atoms with van der Waals surface area (Å²) in [5.74, 6) is -0.361. The van der Waals surface area contributed by atoms with E-state index in [4.69, 9.17) is 23.7 Å². The number of hydrogen-bond acceptors (Lipinski definition) is 9. The van der Waals surface area contributed by atoms with Crippen molar-refractivity contribution >= 4 is 12.3 Å². The standard InChI is InChI=1S/C31H44O9/c1-17-27-24(38-18(2)39-27)13-26(37-17)40-20-4-9-29(16-32)22-5-8-28(3)21(19-12-25(33)36-15-19)7-11-31(28,35)23(22)6-10-30(29,34)14-20/h12,16-18,20-24,26-27,34-35H,4-11,13-15H2,1-3H3/t17-,18-,20-,21+,22-,23+,24+,26-,27+,28+,29-,30-,31-/m0/s1. The van der Waals surface area contributed by atoms with Crippen LogP contribution in [-0.4, -0.2) is 77.3 Å². The van der Waals surface area contributed by atoms with Gasteiger partial charge in [-0.2, -0.15) is 0 Å². The fourth-order valence-electron chi connectivity index (χ4n) is 10.6. The Bertz CT molecular complexity index is 1090. The average molecular weight is 561 g/mol. The fourth-order valence-corrected chi connectivity index (χ4v) is 10.6. The summed E-state index contributed by atoms with van der Waals surface area (Å²) in [5, 5.41) is 24.6. The lowest BCUT2D eigenvalue weighted by Crippen LogP contribution is -2.69. The number of aldehydes is 1. The molecular formula is C31H44O9. The molecule has 4 saturated carbocycles. The van der Waals surface area contributed by atoms with E-state index in [2.05, 4.69) is 6.92 Å². The van der Waals surface area contributed by atoms with Gasteiger partial charge < -0.3 is 38.7 Å². The molecule has 0 aromatic heterocycles. The van der Waals surface area contributed by atoms with Gasteiger partial charge in [-0.3, -0.25) is 0 Å². The fraction of sp³-hybridized carbons (Fsp3) is 0.871. The number of carbonyl (C=O) groups is 2. The van der Waals surface area contributed by atoms with Crippen LogP contribution in [0.4, 0.5) is 0 Å². The van der Waals surface area contributed by atoms with Gasteiger partial charge in [-0.05, 0) is 88.5 Å². The SMILES string of the molecule is C[C@@H]1O[C@@H]2[C@H](C)O[C@@H](O[C@H]3CC[C@]4(C=O)[C@H]5CC[C@]6(C)[C@@H](C7=CC(=O)OC7)CC[C@]6(O)[C@@H]5CC[C@]4(O)C3)C[C@H]2O1. The normalized spacial score (nSPS) is 55.5. The summed E-state index contributed by atoms with van der Waals surface area (Å²) in [7, 11) is 0. The third-order valence-corrected chi connectivity index (χ3v) is 12.5. The second kappa shape index (κ2) is 9.32. The van der Waals surface area contributed by atoms with Crippen molar-refractivity contribution < 1.29 is 43.5 Å². The Hall–Kier alpha value is -1.36. The van der Waals surface area contributed by atoms with Crippen molar-refractivity contribution in [3.63, 3.8) is 0 Å². The first kappa shape index (κ1) is 27.5. The third kappa shape index (κ3) is 3.73. The molecule has 2 N–H and O–H groups in total. The maximum Gasteiger partial charge on any atom is 0.331 e. The summed E-state index contributed by atoms with van der Waals surface area (Å²) >= 11 is 0. The second-order valence-corrected chi connectivity index (χ2v) is 14.1. The van der Waals surface area contributed by atoms with Gasteiger partial charge in [-0.1, -0.05) is 6.92 Å². The van der Waals surface area contributed by atoms with Gasteiger partial charge in [0.05, 0.1) is 34.9 Å². The molecule has 3 heterocycles. The Morgan fingerprint density at radius 1 is 1.00 bits per heavy atom. The van der Waals surface area contributed by atoms with E-state index in [0.29, 0.717) is 51.6 Å². The Morgan fingerprint density at radius 3 is 2.55 bits per heavy atom. The first-order valence-corrected chi connectivity index (χ1v) is 15.4. The summed E-state index contributed by atoms with van der Waals surface area (Å²) < 4.78 is 29.6. The van der Waals surface area contributed by atoms with Gasteiger partial charge in [0.15, 0.2) is 12.6 Å². The van der Waals surface area contributed by atoms with E-state index in [0.717, 1.165) is 31.1 Å². The number of aliphatic hydroxyl groups is 2. The smallest absolute Gasteiger partial charge is 0.331 e. The minimum Gasteiger partial charge on any atom is -0.458 e. The van der Waals surface area contributed by atoms with Gasteiger partial charge in [0, 0.05) is 24.3 Å². The molecule has 0 aromatic carbocycles. The average Bonchev–Trinajstić information content (AvgIpc) is 3.58. The van der Waals surface area contributed by atoms with Gasteiger partial charge in [0.25, 0.3) is 0 Å². The van der Waals surface area contributed by atoms with Crippen LogP contribution in [0.25, 0.3) is 0 Å². The monoisotopic (exact) mass is 560 g/mol. The minimum atomic E-state index is -1.18. The molecule has 222 valence electrons. The van der Waals surface area contributed by atoms with Crippen LogP contribution < -0.4 is 0 Å². The number of ether oxygens (including phenoxy) is 5. The summed E-state index contributed by atoms with van der Waals surface area (Å²) in [5.41, 5.74) is -2.42. The molecule has 0 radical (unpaired) electrons. The molecule has 0 bridgehead atoms. The molecule has 13 atom stereocenters. The molecule has 3 aliphatic heterocycles. The van der Waals surface area contributed by atoms with Gasteiger partial charge in [0.2, 0.25) is 0 Å². The van der Waals surface area contributed by atoms with Gasteiger partial charge in [0.1, 0.15) is 19.0 Å². The van der Waals surface area contributed by atoms with Crippen LogP contribution in [0, 0.1) is 28.6 Å². The van der Waals surface area contributed by atoms with Crippen molar-refractivity contribution in [2.24, 2.45) is 28.6 Å². The van der Waals surface area contributed by atoms with Crippen molar-refractivity contribution in [1.29, 1.82) is 0 Å². The zero-order valence-corrected chi connectivity index (χ0v) is 23.9. The van der Waals surface area contributed by atoms with Crippen LogP contribution in [0.2, 0.25) is 0 Å². The molecule has 0 spiro atoms. The molecule has 9 heteroatoms. The van der Waals surface area contributed by atoms with E-state index in [-0.39, 0.29) is 59.8 Å². The number of carbonyl (C=O) groups excluding carboxylic acids is 2. The highest BCUT2D eigenvalue weighted by molar-refractivity contribution is 5.85. The van der Waals surface area contributed by atoms with E-state index in [9.17, 15) is 19.8 Å². The van der Waals surface area contributed by atoms with E-state index in [1.807, 2.05) is 13.8 Å². The van der Waals surface area contributed by atoms with Gasteiger partial charge >= 0.3 is 5.97 Å². The molecule has 0 unspecified atom stereocenters. The molecular weight excluding hydrogens is 516 g/mol. The predicted molar refractivity (Wildman–Crippen MR) is 141 cm³/mol. The summed E-state index contributed by atoms with van der Waals surface area (Å²) in [6.45, 7) is 6.35. The maximum absolute atomic E-state index is 13.1. The van der Waals surface area contributed by atoms with Crippen molar-refractivity contribution in [3.8, 4) is 0 Å². The molecule has 2 saturated heterocycles. The zero-order valence-electron chi connectivity index (χ0n) is 23.9. The Balaban J connectivity index is 1.09. The largest absolute Gasteiger partial charge is 0.458 e. The molecule has 0 aromatic rings. The van der Waals surface area contributed by atoms with Crippen molar-refractivity contribution in [3.05, 3.63) is 11.6 Å². The van der Waals surface area contributed by atoms with Crippen LogP contribution in [-0.2, 0) is 33.3 Å². The number of fused-ring (bicyclic) bond motifs is 6. The topological polar surface area (TPSA) is 121 Å². The number of cyclic esters (lactones) is 1. The minimum absolute atomic E-state index is 0.0706. The number of hydrogen-bond donors (Lipinski definition) is 2. The van der Waals surface area contributed by atoms with Crippen LogP contribution in [0.5, 0.6) is 0 Å². The maximum atomic E-state index is 13.1. The summed E-state index contributed by atoms with van der Waals surface area (Å²) in [4.78, 5) is 24.9. The number of esters is 1. The Morgan fingerprint density at radius 2 is 1.80 bits per heavy atom.